The quantitative estimate of drug-likeness (QED) is 0.847. The molecule has 0 heterocycles. The molecule has 4 heteroatoms. The monoisotopic (exact) mass is 252 g/mol. The lowest BCUT2D eigenvalue weighted by Gasteiger charge is -2.21. The maximum Gasteiger partial charge on any atom is 0.0992 e. The topological polar surface area (TPSA) is 56.0 Å². The van der Waals surface area contributed by atoms with E-state index in [1.165, 1.54) is 0 Å². The molecule has 3 nitrogen and oxygen atoms in total. The summed E-state index contributed by atoms with van der Waals surface area (Å²) in [6, 6.07) is 7.25. The van der Waals surface area contributed by atoms with Gasteiger partial charge in [0.25, 0.3) is 0 Å². The zero-order valence-corrected chi connectivity index (χ0v) is 10.9. The second kappa shape index (κ2) is 6.02. The molecule has 1 unspecified atom stereocenters. The molecule has 0 saturated heterocycles. The molecular formula is C13H17ClN2O. The summed E-state index contributed by atoms with van der Waals surface area (Å²) >= 11 is 6.04. The van der Waals surface area contributed by atoms with Crippen LogP contribution < -0.4 is 5.32 Å². The lowest BCUT2D eigenvalue weighted by atomic mass is 10.0. The van der Waals surface area contributed by atoms with Crippen LogP contribution in [0.5, 0.6) is 0 Å². The smallest absolute Gasteiger partial charge is 0.0992 e. The van der Waals surface area contributed by atoms with Crippen LogP contribution in [0.25, 0.3) is 0 Å². The van der Waals surface area contributed by atoms with Gasteiger partial charge in [0.15, 0.2) is 0 Å². The van der Waals surface area contributed by atoms with Gasteiger partial charge in [0.05, 0.1) is 17.2 Å². The highest BCUT2D eigenvalue weighted by Crippen LogP contribution is 2.17. The average molecular weight is 253 g/mol. The summed E-state index contributed by atoms with van der Waals surface area (Å²) in [5, 5.41) is 22.3. The lowest BCUT2D eigenvalue weighted by Crippen LogP contribution is -2.36. The SMILES string of the molecule is CCC(C)(O)CNCc1ccc(C#N)cc1Cl. The van der Waals surface area contributed by atoms with Crippen molar-refractivity contribution < 1.29 is 5.11 Å². The fourth-order valence-electron chi connectivity index (χ4n) is 1.35. The highest BCUT2D eigenvalue weighted by atomic mass is 35.5. The third kappa shape index (κ3) is 4.35. The molecule has 1 aromatic rings. The second-order valence-electron chi connectivity index (χ2n) is 4.37. The van der Waals surface area contributed by atoms with Crippen molar-refractivity contribution in [1.82, 2.24) is 5.32 Å². The van der Waals surface area contributed by atoms with E-state index >= 15 is 0 Å². The van der Waals surface area contributed by atoms with Gasteiger partial charge in [-0.3, -0.25) is 0 Å². The summed E-state index contributed by atoms with van der Waals surface area (Å²) in [6.45, 7) is 4.83. The number of rotatable bonds is 5. The van der Waals surface area contributed by atoms with Gasteiger partial charge in [-0.1, -0.05) is 24.6 Å². The van der Waals surface area contributed by atoms with E-state index in [0.717, 1.165) is 5.56 Å². The number of halogens is 1. The van der Waals surface area contributed by atoms with Crippen molar-refractivity contribution in [2.75, 3.05) is 6.54 Å². The molecule has 0 fully saturated rings. The minimum atomic E-state index is -0.695. The van der Waals surface area contributed by atoms with Gasteiger partial charge in [-0.15, -0.1) is 0 Å². The second-order valence-corrected chi connectivity index (χ2v) is 4.78. The molecule has 0 aliphatic rings. The Hall–Kier alpha value is -1.08. The van der Waals surface area contributed by atoms with Crippen molar-refractivity contribution >= 4 is 11.6 Å². The Morgan fingerprint density at radius 3 is 2.76 bits per heavy atom. The number of hydrogen-bond donors (Lipinski definition) is 2. The largest absolute Gasteiger partial charge is 0.389 e. The van der Waals surface area contributed by atoms with Crippen LogP contribution in [0.4, 0.5) is 0 Å². The van der Waals surface area contributed by atoms with Crippen LogP contribution in [0.15, 0.2) is 18.2 Å². The maximum absolute atomic E-state index is 9.81. The Bertz CT molecular complexity index is 424. The average Bonchev–Trinajstić information content (AvgIpc) is 2.31. The molecule has 0 saturated carbocycles. The van der Waals surface area contributed by atoms with Crippen LogP contribution >= 0.6 is 11.6 Å². The summed E-state index contributed by atoms with van der Waals surface area (Å²) in [4.78, 5) is 0. The van der Waals surface area contributed by atoms with E-state index in [0.29, 0.717) is 30.1 Å². The third-order valence-corrected chi connectivity index (χ3v) is 3.12. The zero-order chi connectivity index (χ0) is 12.9. The summed E-state index contributed by atoms with van der Waals surface area (Å²) in [5.74, 6) is 0. The number of nitriles is 1. The first-order valence-electron chi connectivity index (χ1n) is 5.60. The molecule has 1 rings (SSSR count). The molecule has 0 amide bonds. The highest BCUT2D eigenvalue weighted by Gasteiger charge is 2.16. The Morgan fingerprint density at radius 1 is 1.53 bits per heavy atom. The molecule has 0 aliphatic carbocycles. The van der Waals surface area contributed by atoms with Crippen LogP contribution in [-0.2, 0) is 6.54 Å². The van der Waals surface area contributed by atoms with Gasteiger partial charge in [0.1, 0.15) is 0 Å². The molecule has 1 atom stereocenters. The van der Waals surface area contributed by atoms with Gasteiger partial charge in [-0.2, -0.15) is 5.26 Å². The van der Waals surface area contributed by atoms with Crippen LogP contribution in [0.2, 0.25) is 5.02 Å². The molecule has 0 radical (unpaired) electrons. The summed E-state index contributed by atoms with van der Waals surface area (Å²) in [5.41, 5.74) is 0.788. The van der Waals surface area contributed by atoms with E-state index in [-0.39, 0.29) is 0 Å². The third-order valence-electron chi connectivity index (χ3n) is 2.77. The predicted molar refractivity (Wildman–Crippen MR) is 68.8 cm³/mol. The predicted octanol–water partition coefficient (Wildman–Crippen LogP) is 2.46. The zero-order valence-electron chi connectivity index (χ0n) is 10.1. The number of hydrogen-bond acceptors (Lipinski definition) is 3. The Kier molecular flexibility index (Phi) is 4.95. The van der Waals surface area contributed by atoms with Crippen LogP contribution in [0, 0.1) is 11.3 Å². The molecule has 92 valence electrons. The first-order chi connectivity index (χ1) is 7.98. The van der Waals surface area contributed by atoms with Gasteiger partial charge >= 0.3 is 0 Å². The maximum atomic E-state index is 9.81. The molecule has 0 bridgehead atoms. The number of nitrogens with zero attached hydrogens (tertiary/aromatic N) is 1. The minimum Gasteiger partial charge on any atom is -0.389 e. The fraction of sp³-hybridized carbons (Fsp3) is 0.462. The van der Waals surface area contributed by atoms with Crippen molar-refractivity contribution in [2.45, 2.75) is 32.4 Å². The number of nitrogens with one attached hydrogen (secondary N) is 1. The number of benzene rings is 1. The van der Waals surface area contributed by atoms with Crippen molar-refractivity contribution in [2.24, 2.45) is 0 Å². The summed E-state index contributed by atoms with van der Waals surface area (Å²) in [6.07, 6.45) is 0.696. The first-order valence-corrected chi connectivity index (χ1v) is 5.98. The molecule has 1 aromatic carbocycles. The van der Waals surface area contributed by atoms with Gasteiger partial charge in [0, 0.05) is 18.1 Å². The van der Waals surface area contributed by atoms with E-state index in [1.807, 2.05) is 19.1 Å². The van der Waals surface area contributed by atoms with Crippen molar-refractivity contribution in [3.8, 4) is 6.07 Å². The minimum absolute atomic E-state index is 0.514. The normalized spacial score (nSPS) is 14.1. The van der Waals surface area contributed by atoms with Crippen molar-refractivity contribution in [3.05, 3.63) is 34.3 Å². The summed E-state index contributed by atoms with van der Waals surface area (Å²) < 4.78 is 0. The van der Waals surface area contributed by atoms with Gasteiger partial charge in [0.2, 0.25) is 0 Å². The summed E-state index contributed by atoms with van der Waals surface area (Å²) in [7, 11) is 0. The lowest BCUT2D eigenvalue weighted by molar-refractivity contribution is 0.0555. The van der Waals surface area contributed by atoms with E-state index in [1.54, 1.807) is 19.1 Å². The molecule has 17 heavy (non-hydrogen) atoms. The molecule has 0 aromatic heterocycles. The van der Waals surface area contributed by atoms with Crippen molar-refractivity contribution in [1.29, 1.82) is 5.26 Å². The fourth-order valence-corrected chi connectivity index (χ4v) is 1.60. The van der Waals surface area contributed by atoms with Gasteiger partial charge in [-0.25, -0.2) is 0 Å². The Balaban J connectivity index is 2.56. The molecule has 0 aliphatic heterocycles. The highest BCUT2D eigenvalue weighted by molar-refractivity contribution is 6.31. The van der Waals surface area contributed by atoms with E-state index in [2.05, 4.69) is 5.32 Å². The van der Waals surface area contributed by atoms with Gasteiger partial charge in [-0.05, 0) is 31.0 Å². The van der Waals surface area contributed by atoms with Crippen molar-refractivity contribution in [3.63, 3.8) is 0 Å². The molecular weight excluding hydrogens is 236 g/mol. The van der Waals surface area contributed by atoms with E-state index < -0.39 is 5.60 Å². The molecule has 2 N–H and O–H groups in total. The standard InChI is InChI=1S/C13H17ClN2O/c1-3-13(2,17)9-16-8-11-5-4-10(7-15)6-12(11)14/h4-6,16-17H,3,8-9H2,1-2H3. The van der Waals surface area contributed by atoms with Gasteiger partial charge < -0.3 is 10.4 Å². The number of aliphatic hydroxyl groups is 1. The van der Waals surface area contributed by atoms with E-state index in [4.69, 9.17) is 16.9 Å². The van der Waals surface area contributed by atoms with Crippen LogP contribution in [0.1, 0.15) is 31.4 Å². The first kappa shape index (κ1) is 14.0. The Morgan fingerprint density at radius 2 is 2.24 bits per heavy atom. The van der Waals surface area contributed by atoms with Crippen LogP contribution in [0.3, 0.4) is 0 Å². The Labute approximate surface area is 107 Å². The van der Waals surface area contributed by atoms with Crippen LogP contribution in [-0.4, -0.2) is 17.3 Å². The molecule has 0 spiro atoms. The van der Waals surface area contributed by atoms with E-state index in [9.17, 15) is 5.11 Å².